The third kappa shape index (κ3) is 5.20. The van der Waals surface area contributed by atoms with Crippen molar-refractivity contribution in [3.05, 3.63) is 34.9 Å². The lowest BCUT2D eigenvalue weighted by molar-refractivity contribution is 0.157. The minimum atomic E-state index is -0.902. The summed E-state index contributed by atoms with van der Waals surface area (Å²) in [6.07, 6.45) is 7.62. The number of benzene rings is 1. The van der Waals surface area contributed by atoms with E-state index in [4.69, 9.17) is 0 Å². The van der Waals surface area contributed by atoms with Crippen molar-refractivity contribution >= 4 is 0 Å². The van der Waals surface area contributed by atoms with Gasteiger partial charge in [0.1, 0.15) is 0 Å². The van der Waals surface area contributed by atoms with Gasteiger partial charge in [-0.1, -0.05) is 64.0 Å². The van der Waals surface area contributed by atoms with E-state index < -0.39 is 17.7 Å². The molecule has 0 aliphatic rings. The summed E-state index contributed by atoms with van der Waals surface area (Å²) < 4.78 is 27.1. The second-order valence-electron chi connectivity index (χ2n) is 5.53. The molecule has 0 bridgehead atoms. The fraction of sp³-hybridized carbons (Fsp3) is 0.647. The van der Waals surface area contributed by atoms with Crippen molar-refractivity contribution in [3.63, 3.8) is 0 Å². The molecule has 1 atom stereocenters. The maximum atomic E-state index is 13.7. The Morgan fingerprint density at radius 1 is 0.950 bits per heavy atom. The van der Waals surface area contributed by atoms with Crippen molar-refractivity contribution in [2.24, 2.45) is 0 Å². The van der Waals surface area contributed by atoms with E-state index >= 15 is 0 Å². The van der Waals surface area contributed by atoms with Crippen LogP contribution in [0.5, 0.6) is 0 Å². The van der Waals surface area contributed by atoms with Crippen molar-refractivity contribution in [3.8, 4) is 0 Å². The molecule has 0 saturated heterocycles. The van der Waals surface area contributed by atoms with Crippen LogP contribution in [0.2, 0.25) is 0 Å². The first kappa shape index (κ1) is 17.1. The first-order valence-electron chi connectivity index (χ1n) is 7.70. The molecule has 1 unspecified atom stereocenters. The van der Waals surface area contributed by atoms with Gasteiger partial charge in [-0.05, 0) is 18.9 Å². The van der Waals surface area contributed by atoms with Gasteiger partial charge in [0.2, 0.25) is 0 Å². The molecule has 0 aliphatic heterocycles. The highest BCUT2D eigenvalue weighted by Gasteiger charge is 2.17. The van der Waals surface area contributed by atoms with E-state index in [1.54, 1.807) is 0 Å². The zero-order valence-electron chi connectivity index (χ0n) is 12.6. The molecular weight excluding hydrogens is 258 g/mol. The van der Waals surface area contributed by atoms with Gasteiger partial charge in [0.25, 0.3) is 0 Å². The summed E-state index contributed by atoms with van der Waals surface area (Å²) in [4.78, 5) is 0. The van der Waals surface area contributed by atoms with Gasteiger partial charge in [-0.3, -0.25) is 0 Å². The average Bonchev–Trinajstić information content (AvgIpc) is 2.43. The summed E-state index contributed by atoms with van der Waals surface area (Å²) in [7, 11) is 0. The first-order valence-corrected chi connectivity index (χ1v) is 7.70. The normalized spacial score (nSPS) is 12.7. The SMILES string of the molecule is CCCCCCCCCC(O)c1ccc(C)c(F)c1F. The summed E-state index contributed by atoms with van der Waals surface area (Å²) in [5.41, 5.74) is 0.355. The molecule has 1 nitrogen and oxygen atoms in total. The number of unbranched alkanes of at least 4 members (excludes halogenated alkanes) is 6. The first-order chi connectivity index (χ1) is 9.57. The standard InChI is InChI=1S/C17H26F2O/c1-3-4-5-6-7-8-9-10-15(20)14-12-11-13(2)16(18)17(14)19/h11-12,15,20H,3-10H2,1-2H3. The van der Waals surface area contributed by atoms with Crippen molar-refractivity contribution in [2.45, 2.75) is 71.3 Å². The number of aliphatic hydroxyl groups is 1. The van der Waals surface area contributed by atoms with Crippen LogP contribution in [0.25, 0.3) is 0 Å². The Bertz CT molecular complexity index is 404. The molecule has 114 valence electrons. The molecular formula is C17H26F2O. The maximum Gasteiger partial charge on any atom is 0.164 e. The Kier molecular flexibility index (Phi) is 7.75. The smallest absolute Gasteiger partial charge is 0.164 e. The average molecular weight is 284 g/mol. The predicted molar refractivity (Wildman–Crippen MR) is 78.7 cm³/mol. The van der Waals surface area contributed by atoms with Gasteiger partial charge >= 0.3 is 0 Å². The zero-order valence-corrected chi connectivity index (χ0v) is 12.6. The minimum Gasteiger partial charge on any atom is -0.388 e. The summed E-state index contributed by atoms with van der Waals surface area (Å²) in [6.45, 7) is 3.70. The Balaban J connectivity index is 2.33. The zero-order chi connectivity index (χ0) is 15.0. The van der Waals surface area contributed by atoms with E-state index in [1.165, 1.54) is 44.7 Å². The van der Waals surface area contributed by atoms with Crippen molar-refractivity contribution in [1.82, 2.24) is 0 Å². The van der Waals surface area contributed by atoms with E-state index in [-0.39, 0.29) is 11.1 Å². The fourth-order valence-corrected chi connectivity index (χ4v) is 2.37. The molecule has 0 aromatic heterocycles. The Morgan fingerprint density at radius 2 is 1.55 bits per heavy atom. The van der Waals surface area contributed by atoms with E-state index in [1.807, 2.05) is 0 Å². The third-order valence-electron chi connectivity index (χ3n) is 3.75. The molecule has 0 spiro atoms. The Labute approximate surface area is 121 Å². The highest BCUT2D eigenvalue weighted by Crippen LogP contribution is 2.25. The second-order valence-corrected chi connectivity index (χ2v) is 5.53. The van der Waals surface area contributed by atoms with Crippen molar-refractivity contribution in [2.75, 3.05) is 0 Å². The highest BCUT2D eigenvalue weighted by molar-refractivity contribution is 5.26. The summed E-state index contributed by atoms with van der Waals surface area (Å²) >= 11 is 0. The number of aliphatic hydroxyl groups excluding tert-OH is 1. The molecule has 1 aromatic rings. The molecule has 20 heavy (non-hydrogen) atoms. The highest BCUT2D eigenvalue weighted by atomic mass is 19.2. The van der Waals surface area contributed by atoms with Crippen LogP contribution >= 0.6 is 0 Å². The largest absolute Gasteiger partial charge is 0.388 e. The molecule has 3 heteroatoms. The summed E-state index contributed by atoms with van der Waals surface area (Å²) in [5, 5.41) is 9.95. The van der Waals surface area contributed by atoms with Crippen LogP contribution in [-0.2, 0) is 0 Å². The molecule has 1 rings (SSSR count). The van der Waals surface area contributed by atoms with E-state index in [2.05, 4.69) is 6.92 Å². The lowest BCUT2D eigenvalue weighted by Gasteiger charge is -2.13. The number of hydrogen-bond donors (Lipinski definition) is 1. The van der Waals surface area contributed by atoms with E-state index in [0.29, 0.717) is 6.42 Å². The lowest BCUT2D eigenvalue weighted by atomic mass is 10.00. The fourth-order valence-electron chi connectivity index (χ4n) is 2.37. The van der Waals surface area contributed by atoms with Crippen LogP contribution in [0.4, 0.5) is 8.78 Å². The van der Waals surface area contributed by atoms with Gasteiger partial charge in [0.15, 0.2) is 11.6 Å². The number of aryl methyl sites for hydroxylation is 1. The molecule has 0 aliphatic carbocycles. The van der Waals surface area contributed by atoms with Crippen LogP contribution in [0.3, 0.4) is 0 Å². The van der Waals surface area contributed by atoms with Gasteiger partial charge in [-0.2, -0.15) is 0 Å². The molecule has 0 radical (unpaired) electrons. The molecule has 1 aromatic carbocycles. The second kappa shape index (κ2) is 9.06. The lowest BCUT2D eigenvalue weighted by Crippen LogP contribution is -2.04. The van der Waals surface area contributed by atoms with Gasteiger partial charge in [-0.25, -0.2) is 8.78 Å². The molecule has 0 fully saturated rings. The topological polar surface area (TPSA) is 20.2 Å². The predicted octanol–water partition coefficient (Wildman–Crippen LogP) is 5.45. The van der Waals surface area contributed by atoms with Crippen molar-refractivity contribution < 1.29 is 13.9 Å². The molecule has 0 heterocycles. The molecule has 1 N–H and O–H groups in total. The minimum absolute atomic E-state index is 0.0825. The van der Waals surface area contributed by atoms with Crippen LogP contribution in [0, 0.1) is 18.6 Å². The van der Waals surface area contributed by atoms with Crippen LogP contribution in [0.15, 0.2) is 12.1 Å². The van der Waals surface area contributed by atoms with E-state index in [9.17, 15) is 13.9 Å². The van der Waals surface area contributed by atoms with Gasteiger partial charge < -0.3 is 5.11 Å². The van der Waals surface area contributed by atoms with Crippen LogP contribution in [0.1, 0.15) is 75.5 Å². The van der Waals surface area contributed by atoms with Gasteiger partial charge in [-0.15, -0.1) is 0 Å². The van der Waals surface area contributed by atoms with Gasteiger partial charge in [0.05, 0.1) is 6.10 Å². The number of halogens is 2. The summed E-state index contributed by atoms with van der Waals surface area (Å²) in [5.74, 6) is -1.75. The third-order valence-corrected chi connectivity index (χ3v) is 3.75. The van der Waals surface area contributed by atoms with Crippen LogP contribution < -0.4 is 0 Å². The summed E-state index contributed by atoms with van der Waals surface area (Å²) in [6, 6.07) is 3.00. The monoisotopic (exact) mass is 284 g/mol. The molecule has 0 amide bonds. The quantitative estimate of drug-likeness (QED) is 0.598. The van der Waals surface area contributed by atoms with Crippen molar-refractivity contribution in [1.29, 1.82) is 0 Å². The Hall–Kier alpha value is -0.960. The maximum absolute atomic E-state index is 13.7. The van der Waals surface area contributed by atoms with Crippen LogP contribution in [-0.4, -0.2) is 5.11 Å². The molecule has 0 saturated carbocycles. The van der Waals surface area contributed by atoms with E-state index in [0.717, 1.165) is 19.3 Å². The number of rotatable bonds is 9. The van der Waals surface area contributed by atoms with Gasteiger partial charge in [0, 0.05) is 5.56 Å². The number of hydrogen-bond acceptors (Lipinski definition) is 1. The Morgan fingerprint density at radius 3 is 2.20 bits per heavy atom.